The summed E-state index contributed by atoms with van der Waals surface area (Å²) in [6.07, 6.45) is -2.28. The molecule has 0 N–H and O–H groups in total. The van der Waals surface area contributed by atoms with Crippen molar-refractivity contribution >= 4 is 0 Å². The summed E-state index contributed by atoms with van der Waals surface area (Å²) < 4.78 is 49.8. The Balaban J connectivity index is 4.60. The second-order valence-electron chi connectivity index (χ2n) is 2.25. The minimum atomic E-state index is -4.70. The van der Waals surface area contributed by atoms with Gasteiger partial charge < -0.3 is 0 Å². The molecule has 0 saturated carbocycles. The van der Waals surface area contributed by atoms with Gasteiger partial charge >= 0.3 is 6.16 Å². The highest BCUT2D eigenvalue weighted by molar-refractivity contribution is 4.36. The average Bonchev–Trinajstić information content (AvgIpc) is 2.01. The highest BCUT2D eigenvalue weighted by atomic mass is 35.7. The maximum Gasteiger partial charge on any atom is 0.560 e. The molecule has 0 saturated heterocycles. The summed E-state index contributed by atoms with van der Waals surface area (Å²) in [6, 6.07) is 0. The van der Waals surface area contributed by atoms with Crippen LogP contribution < -0.4 is 14.0 Å². The fraction of sp³-hybridized carbons (Fsp3) is 1.00. The molecule has 0 aromatic rings. The zero-order valence-electron chi connectivity index (χ0n) is 8.86. The second-order valence-corrected chi connectivity index (χ2v) is 3.16. The Kier molecular flexibility index (Phi) is 6.57. The molecule has 0 aromatic heterocycles. The fourth-order valence-corrected chi connectivity index (χ4v) is 1.20. The molecular weight excluding hydrogens is 232 g/mol. The summed E-state index contributed by atoms with van der Waals surface area (Å²) >= 11 is 0. The predicted octanol–water partition coefficient (Wildman–Crippen LogP) is -2.38. The van der Waals surface area contributed by atoms with Crippen molar-refractivity contribution in [1.82, 2.24) is 0 Å². The SMILES string of the molecule is CCOC(OCC)(OCC)O[Cl+3]([O-])([O-])[O-]. The standard InChI is InChI=1S/C7H15ClO7/c1-4-12-7(13-5-2,14-6-3)15-8(9,10)11/h4-6H2,1-3H3. The van der Waals surface area contributed by atoms with Gasteiger partial charge in [0, 0.05) is 0 Å². The van der Waals surface area contributed by atoms with Gasteiger partial charge in [0.15, 0.2) is 4.29 Å². The summed E-state index contributed by atoms with van der Waals surface area (Å²) in [5.41, 5.74) is 0. The Bertz CT molecular complexity index is 152. The van der Waals surface area contributed by atoms with E-state index >= 15 is 0 Å². The minimum Gasteiger partial charge on any atom is -0.292 e. The van der Waals surface area contributed by atoms with E-state index < -0.39 is 16.4 Å². The Morgan fingerprint density at radius 2 is 1.20 bits per heavy atom. The average molecular weight is 247 g/mol. The topological polar surface area (TPSA) is 106 Å². The van der Waals surface area contributed by atoms with E-state index in [1.54, 1.807) is 20.8 Å². The molecule has 15 heavy (non-hydrogen) atoms. The van der Waals surface area contributed by atoms with Crippen LogP contribution in [0.25, 0.3) is 0 Å². The van der Waals surface area contributed by atoms with Crippen molar-refractivity contribution in [2.75, 3.05) is 19.8 Å². The Morgan fingerprint density at radius 3 is 1.40 bits per heavy atom. The van der Waals surface area contributed by atoms with Crippen LogP contribution in [0.4, 0.5) is 0 Å². The summed E-state index contributed by atoms with van der Waals surface area (Å²) in [6.45, 7) is 4.90. The van der Waals surface area contributed by atoms with Gasteiger partial charge in [-0.05, 0) is 20.8 Å². The van der Waals surface area contributed by atoms with Crippen molar-refractivity contribution in [1.29, 1.82) is 0 Å². The van der Waals surface area contributed by atoms with Crippen molar-refractivity contribution in [3.8, 4) is 0 Å². The van der Waals surface area contributed by atoms with Crippen molar-refractivity contribution < 1.29 is 42.7 Å². The molecule has 0 aliphatic carbocycles. The number of ether oxygens (including phenoxy) is 3. The molecule has 0 unspecified atom stereocenters. The molecule has 0 aromatic carbocycles. The molecule has 0 atom stereocenters. The third-order valence-corrected chi connectivity index (χ3v) is 1.53. The summed E-state index contributed by atoms with van der Waals surface area (Å²) in [5, 5.41) is 0. The molecule has 0 rings (SSSR count). The van der Waals surface area contributed by atoms with Gasteiger partial charge in [-0.25, -0.2) is 0 Å². The molecule has 7 nitrogen and oxygen atoms in total. The van der Waals surface area contributed by atoms with Crippen LogP contribution in [0.5, 0.6) is 0 Å². The first-order chi connectivity index (χ1) is 6.89. The summed E-state index contributed by atoms with van der Waals surface area (Å²) in [5.74, 6) is 0. The number of hydrogen-bond acceptors (Lipinski definition) is 7. The van der Waals surface area contributed by atoms with Crippen molar-refractivity contribution in [3.63, 3.8) is 0 Å². The highest BCUT2D eigenvalue weighted by Gasteiger charge is 2.51. The van der Waals surface area contributed by atoms with Gasteiger partial charge in [0.1, 0.15) is 0 Å². The molecule has 0 aliphatic heterocycles. The molecule has 0 aliphatic rings. The van der Waals surface area contributed by atoms with Crippen LogP contribution in [-0.4, -0.2) is 26.0 Å². The van der Waals surface area contributed by atoms with Gasteiger partial charge in [0.25, 0.3) is 0 Å². The molecule has 0 spiro atoms. The largest absolute Gasteiger partial charge is 0.560 e. The number of hydrogen-bond donors (Lipinski definition) is 0. The molecule has 0 amide bonds. The zero-order valence-corrected chi connectivity index (χ0v) is 9.61. The van der Waals surface area contributed by atoms with Crippen LogP contribution in [0.15, 0.2) is 0 Å². The monoisotopic (exact) mass is 246 g/mol. The van der Waals surface area contributed by atoms with E-state index in [0.717, 1.165) is 0 Å². The Morgan fingerprint density at radius 1 is 0.867 bits per heavy atom. The first kappa shape index (κ1) is 15.0. The normalized spacial score (nSPS) is 13.2. The highest BCUT2D eigenvalue weighted by Crippen LogP contribution is 2.20. The van der Waals surface area contributed by atoms with E-state index in [9.17, 15) is 14.0 Å². The van der Waals surface area contributed by atoms with Gasteiger partial charge in [-0.15, -0.1) is 0 Å². The molecule has 0 fully saturated rings. The molecule has 0 bridgehead atoms. The number of rotatable bonds is 8. The fourth-order valence-electron chi connectivity index (χ4n) is 0.838. The quantitative estimate of drug-likeness (QED) is 0.440. The van der Waals surface area contributed by atoms with Crippen molar-refractivity contribution in [2.24, 2.45) is 0 Å². The Labute approximate surface area is 90.2 Å². The molecular formula is C7H15ClO7. The van der Waals surface area contributed by atoms with E-state index in [1.165, 1.54) is 0 Å². The third-order valence-electron chi connectivity index (χ3n) is 1.15. The number of halogens is 1. The van der Waals surface area contributed by atoms with Gasteiger partial charge in [0.05, 0.1) is 30.1 Å². The summed E-state index contributed by atoms with van der Waals surface area (Å²) in [4.78, 5) is 0. The van der Waals surface area contributed by atoms with E-state index in [0.29, 0.717) is 0 Å². The third kappa shape index (κ3) is 6.23. The lowest BCUT2D eigenvalue weighted by Crippen LogP contribution is -2.66. The first-order valence-corrected chi connectivity index (χ1v) is 5.66. The van der Waals surface area contributed by atoms with Crippen LogP contribution in [0.3, 0.4) is 0 Å². The lowest BCUT2D eigenvalue weighted by Gasteiger charge is -2.26. The Hall–Kier alpha value is 0.01000. The summed E-state index contributed by atoms with van der Waals surface area (Å²) in [7, 11) is -4.70. The smallest absolute Gasteiger partial charge is 0.292 e. The van der Waals surface area contributed by atoms with Crippen LogP contribution >= 0.6 is 0 Å². The first-order valence-electron chi connectivity index (χ1n) is 4.42. The van der Waals surface area contributed by atoms with E-state index in [2.05, 4.69) is 4.29 Å². The zero-order chi connectivity index (χ0) is 11.9. The van der Waals surface area contributed by atoms with Crippen molar-refractivity contribution in [2.45, 2.75) is 26.9 Å². The van der Waals surface area contributed by atoms with E-state index in [4.69, 9.17) is 14.2 Å². The van der Waals surface area contributed by atoms with Gasteiger partial charge in [0.2, 0.25) is 0 Å². The van der Waals surface area contributed by atoms with Gasteiger partial charge in [-0.3, -0.25) is 14.2 Å². The second kappa shape index (κ2) is 6.56. The molecule has 0 heterocycles. The van der Waals surface area contributed by atoms with Crippen LogP contribution in [0.2, 0.25) is 0 Å². The lowest BCUT2D eigenvalue weighted by atomic mass is 10.8. The minimum absolute atomic E-state index is 0.0606. The maximum absolute atomic E-state index is 10.4. The lowest BCUT2D eigenvalue weighted by molar-refractivity contribution is -1.92. The molecule has 0 radical (unpaired) electrons. The van der Waals surface area contributed by atoms with E-state index in [1.807, 2.05) is 0 Å². The molecule has 92 valence electrons. The van der Waals surface area contributed by atoms with Crippen molar-refractivity contribution in [3.05, 3.63) is 0 Å². The van der Waals surface area contributed by atoms with Gasteiger partial charge in [-0.1, -0.05) is 0 Å². The van der Waals surface area contributed by atoms with E-state index in [-0.39, 0.29) is 19.8 Å². The maximum atomic E-state index is 10.4. The predicted molar refractivity (Wildman–Crippen MR) is 38.7 cm³/mol. The molecule has 8 heteroatoms. The van der Waals surface area contributed by atoms with Crippen LogP contribution in [0.1, 0.15) is 20.8 Å². The van der Waals surface area contributed by atoms with Gasteiger partial charge in [-0.2, -0.15) is 14.0 Å². The van der Waals surface area contributed by atoms with Crippen LogP contribution in [-0.2, 0) is 18.5 Å². The van der Waals surface area contributed by atoms with Crippen LogP contribution in [0, 0.1) is 10.2 Å².